The third-order valence-corrected chi connectivity index (χ3v) is 4.65. The van der Waals surface area contributed by atoms with Crippen molar-refractivity contribution in [3.05, 3.63) is 0 Å². The lowest BCUT2D eigenvalue weighted by Crippen LogP contribution is -2.25. The Labute approximate surface area is 104 Å². The highest BCUT2D eigenvalue weighted by atomic mass is 32.2. The molecule has 0 radical (unpaired) electrons. The zero-order valence-corrected chi connectivity index (χ0v) is 11.2. The summed E-state index contributed by atoms with van der Waals surface area (Å²) in [4.78, 5) is 1.07. The summed E-state index contributed by atoms with van der Waals surface area (Å²) in [5.41, 5.74) is 5.79. The second-order valence-corrected chi connectivity index (χ2v) is 5.58. The van der Waals surface area contributed by atoms with Gasteiger partial charge in [0.2, 0.25) is 0 Å². The first-order chi connectivity index (χ1) is 7.72. The van der Waals surface area contributed by atoms with Gasteiger partial charge in [0, 0.05) is 18.6 Å². The number of anilines is 2. The number of aromatic nitrogens is 1. The minimum Gasteiger partial charge on any atom is -0.382 e. The molecule has 0 bridgehead atoms. The van der Waals surface area contributed by atoms with Crippen LogP contribution in [-0.4, -0.2) is 29.9 Å². The van der Waals surface area contributed by atoms with Gasteiger partial charge in [-0.15, -0.1) is 11.8 Å². The van der Waals surface area contributed by atoms with Gasteiger partial charge in [-0.1, -0.05) is 0 Å². The van der Waals surface area contributed by atoms with Gasteiger partial charge >= 0.3 is 0 Å². The Morgan fingerprint density at radius 2 is 2.50 bits per heavy atom. The second-order valence-electron chi connectivity index (χ2n) is 3.99. The molecule has 0 amide bonds. The highest BCUT2D eigenvalue weighted by Gasteiger charge is 2.23. The molecule has 6 heteroatoms. The molecule has 2 unspecified atom stereocenters. The molecule has 1 aliphatic heterocycles. The van der Waals surface area contributed by atoms with Crippen molar-refractivity contribution in [1.29, 1.82) is 0 Å². The molecule has 0 spiro atoms. The van der Waals surface area contributed by atoms with Crippen LogP contribution in [0.15, 0.2) is 4.90 Å². The van der Waals surface area contributed by atoms with Crippen LogP contribution >= 0.6 is 23.3 Å². The Hall–Kier alpha value is -0.460. The molecule has 2 heterocycles. The molecule has 2 rings (SSSR count). The molecule has 0 aromatic carbocycles. The van der Waals surface area contributed by atoms with Crippen LogP contribution in [0.25, 0.3) is 0 Å². The van der Waals surface area contributed by atoms with Crippen LogP contribution in [-0.2, 0) is 4.74 Å². The monoisotopic (exact) mass is 259 g/mol. The summed E-state index contributed by atoms with van der Waals surface area (Å²) in [6.07, 6.45) is 3.16. The van der Waals surface area contributed by atoms with E-state index in [0.717, 1.165) is 29.5 Å². The molecule has 1 saturated heterocycles. The Kier molecular flexibility index (Phi) is 3.94. The van der Waals surface area contributed by atoms with Crippen molar-refractivity contribution in [3.8, 4) is 0 Å². The first-order valence-corrected chi connectivity index (χ1v) is 7.35. The molecule has 1 aromatic rings. The Morgan fingerprint density at radius 3 is 3.12 bits per heavy atom. The zero-order chi connectivity index (χ0) is 11.5. The van der Waals surface area contributed by atoms with Gasteiger partial charge in [-0.25, -0.2) is 0 Å². The molecule has 16 heavy (non-hydrogen) atoms. The lowest BCUT2D eigenvalue weighted by Gasteiger charge is -2.19. The average molecular weight is 259 g/mol. The lowest BCUT2D eigenvalue weighted by molar-refractivity contribution is 0.183. The quantitative estimate of drug-likeness (QED) is 0.812. The first kappa shape index (κ1) is 12.0. The third-order valence-electron chi connectivity index (χ3n) is 2.91. The van der Waals surface area contributed by atoms with Gasteiger partial charge < -0.3 is 15.8 Å². The standard InChI is InChI=1S/C10H17N3OS2/c1-6(7-3-4-14-5-7)12-10-8(15-2)9(11)13-16-10/h6-7,12H,3-5H2,1-2H3,(H2,11,13). The topological polar surface area (TPSA) is 60.2 Å². The summed E-state index contributed by atoms with van der Waals surface area (Å²) in [5.74, 6) is 1.23. The summed E-state index contributed by atoms with van der Waals surface area (Å²) >= 11 is 3.08. The maximum absolute atomic E-state index is 5.79. The number of ether oxygens (including phenoxy) is 1. The van der Waals surface area contributed by atoms with E-state index in [9.17, 15) is 0 Å². The minimum atomic E-state index is 0.410. The minimum absolute atomic E-state index is 0.410. The zero-order valence-electron chi connectivity index (χ0n) is 9.53. The molecular formula is C10H17N3OS2. The number of thioether (sulfide) groups is 1. The summed E-state index contributed by atoms with van der Waals surface area (Å²) in [6, 6.07) is 0.410. The number of nitrogen functional groups attached to an aromatic ring is 1. The predicted molar refractivity (Wildman–Crippen MR) is 70.3 cm³/mol. The molecule has 1 aromatic heterocycles. The van der Waals surface area contributed by atoms with Crippen LogP contribution in [0.3, 0.4) is 0 Å². The van der Waals surface area contributed by atoms with Crippen LogP contribution in [0.2, 0.25) is 0 Å². The molecular weight excluding hydrogens is 242 g/mol. The van der Waals surface area contributed by atoms with Crippen LogP contribution in [0, 0.1) is 5.92 Å². The second kappa shape index (κ2) is 5.25. The van der Waals surface area contributed by atoms with E-state index in [1.165, 1.54) is 11.5 Å². The molecule has 2 atom stereocenters. The van der Waals surface area contributed by atoms with Crippen molar-refractivity contribution in [2.75, 3.05) is 30.5 Å². The molecule has 0 aliphatic carbocycles. The largest absolute Gasteiger partial charge is 0.382 e. The maximum Gasteiger partial charge on any atom is 0.153 e. The summed E-state index contributed by atoms with van der Waals surface area (Å²) in [5, 5.41) is 4.59. The van der Waals surface area contributed by atoms with E-state index in [-0.39, 0.29) is 0 Å². The third kappa shape index (κ3) is 2.44. The number of hydrogen-bond donors (Lipinski definition) is 2. The molecule has 90 valence electrons. The summed E-state index contributed by atoms with van der Waals surface area (Å²) < 4.78 is 9.57. The summed E-state index contributed by atoms with van der Waals surface area (Å²) in [7, 11) is 0. The van der Waals surface area contributed by atoms with Gasteiger partial charge in [0.1, 0.15) is 5.00 Å². The normalized spacial score (nSPS) is 22.2. The average Bonchev–Trinajstić information content (AvgIpc) is 2.88. The predicted octanol–water partition coefficient (Wildman–Crippen LogP) is 2.28. The first-order valence-electron chi connectivity index (χ1n) is 5.35. The number of rotatable bonds is 4. The molecule has 1 aliphatic rings. The van der Waals surface area contributed by atoms with E-state index in [1.54, 1.807) is 11.8 Å². The molecule has 0 saturated carbocycles. The Bertz CT molecular complexity index is 350. The van der Waals surface area contributed by atoms with Crippen molar-refractivity contribution < 1.29 is 4.74 Å². The molecule has 4 nitrogen and oxygen atoms in total. The number of nitrogens with one attached hydrogen (secondary N) is 1. The SMILES string of the molecule is CSc1c(N)nsc1NC(C)C1CCOC1. The van der Waals surface area contributed by atoms with Crippen LogP contribution in [0.4, 0.5) is 10.8 Å². The van der Waals surface area contributed by atoms with Crippen molar-refractivity contribution in [2.45, 2.75) is 24.3 Å². The van der Waals surface area contributed by atoms with Gasteiger partial charge in [0.25, 0.3) is 0 Å². The highest BCUT2D eigenvalue weighted by Crippen LogP contribution is 2.35. The van der Waals surface area contributed by atoms with E-state index in [1.807, 2.05) is 6.26 Å². The van der Waals surface area contributed by atoms with E-state index in [0.29, 0.717) is 17.8 Å². The fourth-order valence-electron chi connectivity index (χ4n) is 1.85. The lowest BCUT2D eigenvalue weighted by atomic mass is 10.0. The summed E-state index contributed by atoms with van der Waals surface area (Å²) in [6.45, 7) is 3.94. The van der Waals surface area contributed by atoms with Crippen molar-refractivity contribution in [3.63, 3.8) is 0 Å². The van der Waals surface area contributed by atoms with E-state index in [2.05, 4.69) is 16.6 Å². The van der Waals surface area contributed by atoms with Gasteiger partial charge in [-0.3, -0.25) is 0 Å². The number of nitrogens with two attached hydrogens (primary N) is 1. The number of hydrogen-bond acceptors (Lipinski definition) is 6. The van der Waals surface area contributed by atoms with E-state index < -0.39 is 0 Å². The van der Waals surface area contributed by atoms with Gasteiger partial charge in [0.05, 0.1) is 11.5 Å². The van der Waals surface area contributed by atoms with E-state index in [4.69, 9.17) is 10.5 Å². The van der Waals surface area contributed by atoms with Crippen molar-refractivity contribution in [1.82, 2.24) is 4.37 Å². The maximum atomic E-state index is 5.79. The number of nitrogens with zero attached hydrogens (tertiary/aromatic N) is 1. The van der Waals surface area contributed by atoms with Gasteiger partial charge in [0.15, 0.2) is 5.82 Å². The highest BCUT2D eigenvalue weighted by molar-refractivity contribution is 7.99. The fraction of sp³-hybridized carbons (Fsp3) is 0.700. The van der Waals surface area contributed by atoms with Gasteiger partial charge in [-0.05, 0) is 31.1 Å². The van der Waals surface area contributed by atoms with Crippen LogP contribution in [0.1, 0.15) is 13.3 Å². The van der Waals surface area contributed by atoms with Gasteiger partial charge in [-0.2, -0.15) is 4.37 Å². The van der Waals surface area contributed by atoms with Crippen LogP contribution in [0.5, 0.6) is 0 Å². The van der Waals surface area contributed by atoms with Crippen molar-refractivity contribution in [2.24, 2.45) is 5.92 Å². The smallest absolute Gasteiger partial charge is 0.153 e. The molecule has 3 N–H and O–H groups in total. The van der Waals surface area contributed by atoms with Crippen LogP contribution < -0.4 is 11.1 Å². The Balaban J connectivity index is 2.02. The fourth-order valence-corrected chi connectivity index (χ4v) is 3.48. The Morgan fingerprint density at radius 1 is 1.69 bits per heavy atom. The van der Waals surface area contributed by atoms with Crippen molar-refractivity contribution >= 4 is 34.1 Å². The molecule has 1 fully saturated rings. The van der Waals surface area contributed by atoms with E-state index >= 15 is 0 Å².